The number of hydrogen-bond donors (Lipinski definition) is 1. The molecule has 0 saturated heterocycles. The molecule has 0 saturated carbocycles. The quantitative estimate of drug-likeness (QED) is 0.205. The first-order valence-corrected chi connectivity index (χ1v) is 7.83. The van der Waals surface area contributed by atoms with Gasteiger partial charge < -0.3 is 9.47 Å². The zero-order valence-corrected chi connectivity index (χ0v) is 16.6. The van der Waals surface area contributed by atoms with E-state index < -0.39 is 18.1 Å². The number of carbonyl (C=O) groups excluding carboxylic acids is 2. The fourth-order valence-electron chi connectivity index (χ4n) is 1.68. The molecule has 0 aromatic heterocycles. The summed E-state index contributed by atoms with van der Waals surface area (Å²) in [6, 6.07) is -0.503. The van der Waals surface area contributed by atoms with E-state index in [9.17, 15) is 9.59 Å². The molecule has 0 radical (unpaired) electrons. The Morgan fingerprint density at radius 2 is 2.00 bits per heavy atom. The highest BCUT2D eigenvalue weighted by Gasteiger charge is 2.30. The van der Waals surface area contributed by atoms with Crippen LogP contribution >= 0.6 is 35.7 Å². The zero-order chi connectivity index (χ0) is 16.4. The molecule has 128 valence electrons. The molecule has 1 amide bonds. The zero-order valence-electron chi connectivity index (χ0n) is 13.5. The van der Waals surface area contributed by atoms with Crippen LogP contribution in [0.4, 0.5) is 4.79 Å². The van der Waals surface area contributed by atoms with Crippen LogP contribution in [0, 0.1) is 11.3 Å². The molecule has 0 heterocycles. The number of carbonyl (C=O) groups is 2. The summed E-state index contributed by atoms with van der Waals surface area (Å²) < 4.78 is 9.63. The number of nitrogens with one attached hydrogen (secondary N) is 1. The highest BCUT2D eigenvalue weighted by molar-refractivity contribution is 14.0. The van der Waals surface area contributed by atoms with Crippen molar-refractivity contribution in [1.29, 1.82) is 5.41 Å². The Balaban J connectivity index is 0. The van der Waals surface area contributed by atoms with Crippen molar-refractivity contribution in [3.63, 3.8) is 0 Å². The monoisotopic (exact) mass is 444 g/mol. The average Bonchev–Trinajstić information content (AvgIpc) is 2.46. The second kappa shape index (κ2) is 12.7. The van der Waals surface area contributed by atoms with E-state index >= 15 is 0 Å². The van der Waals surface area contributed by atoms with Gasteiger partial charge in [-0.05, 0) is 18.6 Å². The molecular weight excluding hydrogens is 419 g/mol. The second-order valence-electron chi connectivity index (χ2n) is 4.78. The standard InChI is InChI=1S/C14H24N2O4S.HI/c1-6-7-20-14(18)16(9-12(17)19-4)11(8-10(2)3)13(15)21-5;/h6,10-11,15H,1,7-9H2,2-5H3;1H/t11-;/m0./s1. The smallest absolute Gasteiger partial charge is 0.411 e. The summed E-state index contributed by atoms with van der Waals surface area (Å²) >= 11 is 1.24. The van der Waals surface area contributed by atoms with E-state index in [0.717, 1.165) is 0 Å². The lowest BCUT2D eigenvalue weighted by Gasteiger charge is -2.31. The first kappa shape index (κ1) is 23.5. The third-order valence-electron chi connectivity index (χ3n) is 2.68. The lowest BCUT2D eigenvalue weighted by Crippen LogP contribution is -2.47. The Bertz CT molecular complexity index is 391. The van der Waals surface area contributed by atoms with E-state index in [1.165, 1.54) is 29.8 Å². The summed E-state index contributed by atoms with van der Waals surface area (Å²) in [7, 11) is 1.26. The molecule has 0 aliphatic heterocycles. The Kier molecular flexibility index (Phi) is 13.6. The van der Waals surface area contributed by atoms with Crippen LogP contribution in [-0.4, -0.2) is 54.6 Å². The van der Waals surface area contributed by atoms with Crippen LogP contribution in [0.25, 0.3) is 0 Å². The minimum Gasteiger partial charge on any atom is -0.468 e. The molecule has 0 bridgehead atoms. The molecule has 0 aromatic rings. The van der Waals surface area contributed by atoms with Gasteiger partial charge in [0.2, 0.25) is 0 Å². The highest BCUT2D eigenvalue weighted by Crippen LogP contribution is 2.18. The third-order valence-corrected chi connectivity index (χ3v) is 3.39. The Hall–Kier alpha value is -0.770. The largest absolute Gasteiger partial charge is 0.468 e. The minimum absolute atomic E-state index is 0. The molecule has 8 heteroatoms. The average molecular weight is 444 g/mol. The maximum Gasteiger partial charge on any atom is 0.411 e. The van der Waals surface area contributed by atoms with Crippen LogP contribution in [0.1, 0.15) is 20.3 Å². The summed E-state index contributed by atoms with van der Waals surface area (Å²) in [5.74, 6) is -0.289. The van der Waals surface area contributed by atoms with Crippen molar-refractivity contribution in [3.8, 4) is 0 Å². The minimum atomic E-state index is -0.648. The van der Waals surface area contributed by atoms with Crippen LogP contribution in [0.2, 0.25) is 0 Å². The van der Waals surface area contributed by atoms with Crippen molar-refractivity contribution < 1.29 is 19.1 Å². The van der Waals surface area contributed by atoms with Gasteiger partial charge in [-0.3, -0.25) is 15.1 Å². The number of rotatable bonds is 8. The topological polar surface area (TPSA) is 79.7 Å². The van der Waals surface area contributed by atoms with Gasteiger partial charge in [-0.1, -0.05) is 26.5 Å². The van der Waals surface area contributed by atoms with Gasteiger partial charge in [-0.25, -0.2) is 4.79 Å². The lowest BCUT2D eigenvalue weighted by molar-refractivity contribution is -0.141. The maximum absolute atomic E-state index is 12.1. The van der Waals surface area contributed by atoms with E-state index in [4.69, 9.17) is 10.1 Å². The number of hydrogen-bond acceptors (Lipinski definition) is 6. The molecule has 6 nitrogen and oxygen atoms in total. The van der Waals surface area contributed by atoms with Crippen LogP contribution in [0.5, 0.6) is 0 Å². The Morgan fingerprint density at radius 1 is 1.41 bits per heavy atom. The molecular formula is C14H25IN2O4S. The molecule has 0 aliphatic rings. The van der Waals surface area contributed by atoms with Crippen LogP contribution in [-0.2, 0) is 14.3 Å². The van der Waals surface area contributed by atoms with Crippen molar-refractivity contribution in [3.05, 3.63) is 12.7 Å². The summed E-state index contributed by atoms with van der Waals surface area (Å²) in [6.07, 6.45) is 3.14. The van der Waals surface area contributed by atoms with Crippen molar-refractivity contribution in [2.24, 2.45) is 5.92 Å². The summed E-state index contributed by atoms with van der Waals surface area (Å²) in [4.78, 5) is 24.9. The van der Waals surface area contributed by atoms with E-state index in [2.05, 4.69) is 11.3 Å². The van der Waals surface area contributed by atoms with Gasteiger partial charge in [-0.15, -0.1) is 35.7 Å². The molecule has 0 spiro atoms. The second-order valence-corrected chi connectivity index (χ2v) is 5.63. The van der Waals surface area contributed by atoms with Gasteiger partial charge in [0.1, 0.15) is 13.2 Å². The molecule has 1 atom stereocenters. The Morgan fingerprint density at radius 3 is 2.41 bits per heavy atom. The SMILES string of the molecule is C=CCOC(=O)N(CC(=O)OC)[C@@H](CC(C)C)C(=N)SC.I. The van der Waals surface area contributed by atoms with Crippen molar-refractivity contribution in [2.75, 3.05) is 26.5 Å². The molecule has 0 unspecified atom stereocenters. The number of thioether (sulfide) groups is 1. The van der Waals surface area contributed by atoms with Gasteiger partial charge >= 0.3 is 12.1 Å². The highest BCUT2D eigenvalue weighted by atomic mass is 127. The van der Waals surface area contributed by atoms with Gasteiger partial charge in [0.05, 0.1) is 18.2 Å². The fraction of sp³-hybridized carbons (Fsp3) is 0.643. The summed E-state index contributed by atoms with van der Waals surface area (Å²) in [5, 5.41) is 8.34. The van der Waals surface area contributed by atoms with Gasteiger partial charge in [0.15, 0.2) is 0 Å². The first-order chi connectivity index (χ1) is 9.87. The van der Waals surface area contributed by atoms with E-state index in [1.807, 2.05) is 13.8 Å². The number of esters is 1. The normalized spacial score (nSPS) is 11.1. The number of nitrogens with zero attached hydrogens (tertiary/aromatic N) is 1. The van der Waals surface area contributed by atoms with E-state index in [1.54, 1.807) is 6.26 Å². The van der Waals surface area contributed by atoms with Gasteiger partial charge in [0, 0.05) is 0 Å². The molecule has 0 fully saturated rings. The van der Waals surface area contributed by atoms with Gasteiger partial charge in [0.25, 0.3) is 0 Å². The number of halogens is 1. The lowest BCUT2D eigenvalue weighted by atomic mass is 10.0. The van der Waals surface area contributed by atoms with Crippen molar-refractivity contribution in [2.45, 2.75) is 26.3 Å². The molecule has 0 rings (SSSR count). The van der Waals surface area contributed by atoms with Crippen molar-refractivity contribution >= 4 is 52.8 Å². The van der Waals surface area contributed by atoms with E-state index in [-0.39, 0.29) is 43.0 Å². The van der Waals surface area contributed by atoms with Crippen LogP contribution in [0.3, 0.4) is 0 Å². The maximum atomic E-state index is 12.1. The number of amides is 1. The van der Waals surface area contributed by atoms with Crippen molar-refractivity contribution in [1.82, 2.24) is 4.90 Å². The number of methoxy groups -OCH3 is 1. The number of ether oxygens (including phenoxy) is 2. The van der Waals surface area contributed by atoms with Gasteiger partial charge in [-0.2, -0.15) is 0 Å². The Labute approximate surface area is 153 Å². The molecule has 22 heavy (non-hydrogen) atoms. The molecule has 1 N–H and O–H groups in total. The fourth-order valence-corrected chi connectivity index (χ4v) is 2.17. The predicted octanol–water partition coefficient (Wildman–Crippen LogP) is 3.16. The third kappa shape index (κ3) is 8.62. The molecule has 0 aromatic carbocycles. The predicted molar refractivity (Wildman–Crippen MR) is 100 cm³/mol. The summed E-state index contributed by atoms with van der Waals surface area (Å²) in [5.41, 5.74) is 0. The van der Waals surface area contributed by atoms with Crippen LogP contribution in [0.15, 0.2) is 12.7 Å². The van der Waals surface area contributed by atoms with Crippen LogP contribution < -0.4 is 0 Å². The van der Waals surface area contributed by atoms with E-state index in [0.29, 0.717) is 11.5 Å². The first-order valence-electron chi connectivity index (χ1n) is 6.60. The summed E-state index contributed by atoms with van der Waals surface area (Å²) in [6.45, 7) is 7.27. The molecule has 0 aliphatic carbocycles.